The zero-order valence-electron chi connectivity index (χ0n) is 15.2. The molecule has 0 aliphatic carbocycles. The lowest BCUT2D eigenvalue weighted by Crippen LogP contribution is -2.34. The summed E-state index contributed by atoms with van der Waals surface area (Å²) in [5.41, 5.74) is 0.870. The maximum Gasteiger partial charge on any atom is 0.240 e. The highest BCUT2D eigenvalue weighted by molar-refractivity contribution is 7.89. The molecule has 0 aliphatic heterocycles. The second kappa shape index (κ2) is 8.48. The summed E-state index contributed by atoms with van der Waals surface area (Å²) in [5.74, 6) is 0.680. The van der Waals surface area contributed by atoms with Gasteiger partial charge >= 0.3 is 0 Å². The van der Waals surface area contributed by atoms with Crippen molar-refractivity contribution in [3.63, 3.8) is 0 Å². The van der Waals surface area contributed by atoms with Gasteiger partial charge in [0, 0.05) is 12.6 Å². The number of methoxy groups -OCH3 is 2. The Labute approximate surface area is 153 Å². The van der Waals surface area contributed by atoms with Crippen LogP contribution >= 0.6 is 0 Å². The monoisotopic (exact) mass is 382 g/mol. The number of nitrogens with zero attached hydrogens (tertiary/aromatic N) is 1. The SMILES string of the molecule is COc1ccc(C(CNS(=O)(=O)c2ccc(F)cc2)N(C)C)cc1OC. The molecule has 0 saturated carbocycles. The van der Waals surface area contributed by atoms with Gasteiger partial charge in [0.15, 0.2) is 11.5 Å². The largest absolute Gasteiger partial charge is 0.493 e. The van der Waals surface area contributed by atoms with Crippen LogP contribution in [0.3, 0.4) is 0 Å². The summed E-state index contributed by atoms with van der Waals surface area (Å²) in [7, 11) is 3.07. The van der Waals surface area contributed by atoms with Gasteiger partial charge in [-0.05, 0) is 56.1 Å². The molecule has 1 N–H and O–H groups in total. The molecular weight excluding hydrogens is 359 g/mol. The van der Waals surface area contributed by atoms with Gasteiger partial charge in [-0.3, -0.25) is 0 Å². The van der Waals surface area contributed by atoms with Gasteiger partial charge in [0.05, 0.1) is 19.1 Å². The highest BCUT2D eigenvalue weighted by Crippen LogP contribution is 2.31. The number of sulfonamides is 1. The van der Waals surface area contributed by atoms with Gasteiger partial charge in [0.1, 0.15) is 5.82 Å². The molecule has 0 radical (unpaired) electrons. The van der Waals surface area contributed by atoms with E-state index in [0.29, 0.717) is 11.5 Å². The van der Waals surface area contributed by atoms with E-state index < -0.39 is 15.8 Å². The van der Waals surface area contributed by atoms with Crippen molar-refractivity contribution in [1.82, 2.24) is 9.62 Å². The Kier molecular flexibility index (Phi) is 6.57. The summed E-state index contributed by atoms with van der Waals surface area (Å²) >= 11 is 0. The molecule has 2 aromatic carbocycles. The maximum atomic E-state index is 13.0. The van der Waals surface area contributed by atoms with Crippen molar-refractivity contribution >= 4 is 10.0 Å². The van der Waals surface area contributed by atoms with Crippen molar-refractivity contribution in [3.05, 3.63) is 53.8 Å². The average molecular weight is 382 g/mol. The lowest BCUT2D eigenvalue weighted by atomic mass is 10.1. The van der Waals surface area contributed by atoms with Crippen molar-refractivity contribution in [1.29, 1.82) is 0 Å². The van der Waals surface area contributed by atoms with E-state index in [4.69, 9.17) is 9.47 Å². The number of likely N-dealkylation sites (N-methyl/N-ethyl adjacent to an activating group) is 1. The summed E-state index contributed by atoms with van der Waals surface area (Å²) in [6, 6.07) is 9.92. The number of rotatable bonds is 8. The van der Waals surface area contributed by atoms with Gasteiger partial charge in [-0.2, -0.15) is 0 Å². The third-order valence-electron chi connectivity index (χ3n) is 4.01. The molecule has 1 unspecified atom stereocenters. The van der Waals surface area contributed by atoms with Gasteiger partial charge in [0.25, 0.3) is 0 Å². The molecule has 2 rings (SSSR count). The molecule has 0 aromatic heterocycles. The minimum Gasteiger partial charge on any atom is -0.493 e. The molecule has 8 heteroatoms. The van der Waals surface area contributed by atoms with E-state index in [1.54, 1.807) is 20.3 Å². The van der Waals surface area contributed by atoms with Gasteiger partial charge in [-0.25, -0.2) is 17.5 Å². The normalized spacial score (nSPS) is 12.8. The molecule has 0 bridgehead atoms. The Bertz CT molecular complexity index is 839. The fourth-order valence-corrected chi connectivity index (χ4v) is 3.58. The molecule has 6 nitrogen and oxygen atoms in total. The summed E-state index contributed by atoms with van der Waals surface area (Å²) in [4.78, 5) is 1.91. The van der Waals surface area contributed by atoms with Crippen LogP contribution in [0.4, 0.5) is 4.39 Å². The minimum atomic E-state index is -3.74. The van der Waals surface area contributed by atoms with E-state index in [1.807, 2.05) is 31.1 Å². The molecule has 2 aromatic rings. The Morgan fingerprint density at radius 1 is 1.04 bits per heavy atom. The molecule has 1 atom stereocenters. The molecule has 0 aliphatic rings. The lowest BCUT2D eigenvalue weighted by Gasteiger charge is -2.25. The fraction of sp³-hybridized carbons (Fsp3) is 0.333. The van der Waals surface area contributed by atoms with Crippen LogP contribution in [-0.2, 0) is 10.0 Å². The Morgan fingerprint density at radius 3 is 2.19 bits per heavy atom. The van der Waals surface area contributed by atoms with E-state index >= 15 is 0 Å². The van der Waals surface area contributed by atoms with E-state index in [9.17, 15) is 12.8 Å². The van der Waals surface area contributed by atoms with Gasteiger partial charge < -0.3 is 14.4 Å². The zero-order chi connectivity index (χ0) is 19.3. The second-order valence-electron chi connectivity index (χ2n) is 5.90. The van der Waals surface area contributed by atoms with Gasteiger partial charge in [-0.1, -0.05) is 6.07 Å². The number of hydrogen-bond acceptors (Lipinski definition) is 5. The van der Waals surface area contributed by atoms with Crippen LogP contribution in [0, 0.1) is 5.82 Å². The summed E-state index contributed by atoms with van der Waals surface area (Å²) in [5, 5.41) is 0. The number of halogens is 1. The van der Waals surface area contributed by atoms with Crippen LogP contribution < -0.4 is 14.2 Å². The van der Waals surface area contributed by atoms with Crippen molar-refractivity contribution in [2.45, 2.75) is 10.9 Å². The van der Waals surface area contributed by atoms with Crippen LogP contribution in [0.1, 0.15) is 11.6 Å². The average Bonchev–Trinajstić information content (AvgIpc) is 2.61. The summed E-state index contributed by atoms with van der Waals surface area (Å²) in [6.07, 6.45) is 0. The van der Waals surface area contributed by atoms with Crippen LogP contribution in [0.15, 0.2) is 47.4 Å². The highest BCUT2D eigenvalue weighted by atomic mass is 32.2. The molecule has 26 heavy (non-hydrogen) atoms. The molecule has 0 saturated heterocycles. The predicted octanol–water partition coefficient (Wildman–Crippen LogP) is 2.42. The molecular formula is C18H23FN2O4S. The van der Waals surface area contributed by atoms with Crippen LogP contribution in [0.5, 0.6) is 11.5 Å². The van der Waals surface area contributed by atoms with Crippen molar-refractivity contribution < 1.29 is 22.3 Å². The Hall–Kier alpha value is -2.16. The molecule has 142 valence electrons. The van der Waals surface area contributed by atoms with Crippen molar-refractivity contribution in [2.24, 2.45) is 0 Å². The van der Waals surface area contributed by atoms with Gasteiger partial charge in [-0.15, -0.1) is 0 Å². The highest BCUT2D eigenvalue weighted by Gasteiger charge is 2.21. The zero-order valence-corrected chi connectivity index (χ0v) is 16.0. The van der Waals surface area contributed by atoms with Crippen LogP contribution in [0.25, 0.3) is 0 Å². The molecule has 0 heterocycles. The van der Waals surface area contributed by atoms with Gasteiger partial charge in [0.2, 0.25) is 10.0 Å². The first-order valence-electron chi connectivity index (χ1n) is 7.92. The number of nitrogens with one attached hydrogen (secondary N) is 1. The fourth-order valence-electron chi connectivity index (χ4n) is 2.54. The summed E-state index contributed by atoms with van der Waals surface area (Å²) in [6.45, 7) is 0.141. The molecule has 0 amide bonds. The first-order valence-corrected chi connectivity index (χ1v) is 9.40. The van der Waals surface area contributed by atoms with Crippen molar-refractivity contribution in [3.8, 4) is 11.5 Å². The van der Waals surface area contributed by atoms with Crippen LogP contribution in [-0.4, -0.2) is 48.2 Å². The quantitative estimate of drug-likeness (QED) is 0.760. The maximum absolute atomic E-state index is 13.0. The van der Waals surface area contributed by atoms with Crippen molar-refractivity contribution in [2.75, 3.05) is 34.9 Å². The minimum absolute atomic E-state index is 0.0173. The molecule has 0 fully saturated rings. The molecule has 0 spiro atoms. The summed E-state index contributed by atoms with van der Waals surface area (Å²) < 4.78 is 51.0. The standard InChI is InChI=1S/C18H23FN2O4S/c1-21(2)16(13-5-10-17(24-3)18(11-13)25-4)12-20-26(22,23)15-8-6-14(19)7-9-15/h5-11,16,20H,12H2,1-4H3. The smallest absolute Gasteiger partial charge is 0.240 e. The number of hydrogen-bond donors (Lipinski definition) is 1. The van der Waals surface area contributed by atoms with E-state index in [2.05, 4.69) is 4.72 Å². The third-order valence-corrected chi connectivity index (χ3v) is 5.45. The third kappa shape index (κ3) is 4.72. The van der Waals surface area contributed by atoms with E-state index in [1.165, 1.54) is 12.1 Å². The van der Waals surface area contributed by atoms with E-state index in [-0.39, 0.29) is 17.5 Å². The lowest BCUT2D eigenvalue weighted by molar-refractivity contribution is 0.297. The number of ether oxygens (including phenoxy) is 2. The van der Waals surface area contributed by atoms with Crippen LogP contribution in [0.2, 0.25) is 0 Å². The first kappa shape index (κ1) is 20.2. The predicted molar refractivity (Wildman–Crippen MR) is 97.6 cm³/mol. The first-order chi connectivity index (χ1) is 12.3. The second-order valence-corrected chi connectivity index (χ2v) is 7.67. The topological polar surface area (TPSA) is 67.9 Å². The Balaban J connectivity index is 2.22. The Morgan fingerprint density at radius 2 is 1.65 bits per heavy atom. The van der Waals surface area contributed by atoms with E-state index in [0.717, 1.165) is 17.7 Å². The number of benzene rings is 2.